The average molecular weight is 313 g/mol. The Morgan fingerprint density at radius 2 is 2.38 bits per heavy atom. The zero-order chi connectivity index (χ0) is 15.2. The van der Waals surface area contributed by atoms with Crippen molar-refractivity contribution in [2.24, 2.45) is 0 Å². The van der Waals surface area contributed by atoms with Gasteiger partial charge in [-0.1, -0.05) is 11.6 Å². The number of anilines is 1. The second-order valence-electron chi connectivity index (χ2n) is 5.11. The fraction of sp³-hybridized carbons (Fsp3) is 0.533. The van der Waals surface area contributed by atoms with Crippen molar-refractivity contribution >= 4 is 23.2 Å². The summed E-state index contributed by atoms with van der Waals surface area (Å²) in [6, 6.07) is 5.25. The lowest BCUT2D eigenvalue weighted by molar-refractivity contribution is -0.120. The standard InChI is InChI=1S/C15H21ClN2O3/c1-10(13-4-3-7-21-13)18-15(19)9-17-12-8-11(16)5-6-14(12)20-2/h5-6,8,10,13,17H,3-4,7,9H2,1-2H3,(H,18,19). The van der Waals surface area contributed by atoms with Crippen molar-refractivity contribution in [3.63, 3.8) is 0 Å². The molecule has 1 aromatic carbocycles. The largest absolute Gasteiger partial charge is 0.495 e. The summed E-state index contributed by atoms with van der Waals surface area (Å²) >= 11 is 5.95. The SMILES string of the molecule is COc1ccc(Cl)cc1NCC(=O)NC(C)C1CCCO1. The quantitative estimate of drug-likeness (QED) is 0.847. The first-order valence-corrected chi connectivity index (χ1v) is 7.46. The summed E-state index contributed by atoms with van der Waals surface area (Å²) in [7, 11) is 1.58. The van der Waals surface area contributed by atoms with Crippen molar-refractivity contribution in [2.75, 3.05) is 25.6 Å². The van der Waals surface area contributed by atoms with Gasteiger partial charge in [0, 0.05) is 11.6 Å². The Morgan fingerprint density at radius 1 is 1.57 bits per heavy atom. The number of rotatable bonds is 6. The molecule has 1 aliphatic heterocycles. The van der Waals surface area contributed by atoms with Crippen LogP contribution in [0, 0.1) is 0 Å². The second kappa shape index (κ2) is 7.52. The number of hydrogen-bond acceptors (Lipinski definition) is 4. The van der Waals surface area contributed by atoms with Crippen LogP contribution in [0.4, 0.5) is 5.69 Å². The Kier molecular flexibility index (Phi) is 5.70. The summed E-state index contributed by atoms with van der Waals surface area (Å²) in [4.78, 5) is 12.0. The molecule has 0 aliphatic carbocycles. The summed E-state index contributed by atoms with van der Waals surface area (Å²) < 4.78 is 10.8. The lowest BCUT2D eigenvalue weighted by atomic mass is 10.1. The maximum atomic E-state index is 12.0. The zero-order valence-corrected chi connectivity index (χ0v) is 13.1. The Labute approximate surface area is 130 Å². The van der Waals surface area contributed by atoms with Gasteiger partial charge in [0.25, 0.3) is 0 Å². The molecule has 2 N–H and O–H groups in total. The number of hydrogen-bond donors (Lipinski definition) is 2. The molecule has 21 heavy (non-hydrogen) atoms. The predicted molar refractivity (Wildman–Crippen MR) is 83.1 cm³/mol. The van der Waals surface area contributed by atoms with Gasteiger partial charge in [-0.05, 0) is 38.0 Å². The summed E-state index contributed by atoms with van der Waals surface area (Å²) in [6.45, 7) is 2.91. The van der Waals surface area contributed by atoms with E-state index in [4.69, 9.17) is 21.1 Å². The highest BCUT2D eigenvalue weighted by molar-refractivity contribution is 6.30. The number of ether oxygens (including phenoxy) is 2. The van der Waals surface area contributed by atoms with E-state index in [-0.39, 0.29) is 24.6 Å². The van der Waals surface area contributed by atoms with E-state index in [1.54, 1.807) is 25.3 Å². The van der Waals surface area contributed by atoms with Crippen LogP contribution in [-0.4, -0.2) is 38.3 Å². The van der Waals surface area contributed by atoms with Crippen LogP contribution < -0.4 is 15.4 Å². The molecule has 6 heteroatoms. The average Bonchev–Trinajstić information content (AvgIpc) is 2.99. The molecule has 1 aromatic rings. The molecule has 1 fully saturated rings. The van der Waals surface area contributed by atoms with E-state index >= 15 is 0 Å². The lowest BCUT2D eigenvalue weighted by Crippen LogP contribution is -2.43. The van der Waals surface area contributed by atoms with Gasteiger partial charge in [0.1, 0.15) is 5.75 Å². The number of carbonyl (C=O) groups is 1. The highest BCUT2D eigenvalue weighted by atomic mass is 35.5. The second-order valence-corrected chi connectivity index (χ2v) is 5.54. The molecule has 1 saturated heterocycles. The number of benzene rings is 1. The normalized spacial score (nSPS) is 19.1. The van der Waals surface area contributed by atoms with Crippen LogP contribution in [0.25, 0.3) is 0 Å². The summed E-state index contributed by atoms with van der Waals surface area (Å²) in [5, 5.41) is 6.57. The van der Waals surface area contributed by atoms with Gasteiger partial charge in [0.15, 0.2) is 0 Å². The third-order valence-corrected chi connectivity index (χ3v) is 3.75. The molecular formula is C15H21ClN2O3. The molecule has 1 aliphatic rings. The first-order chi connectivity index (χ1) is 10.1. The molecule has 1 amide bonds. The molecule has 5 nitrogen and oxygen atoms in total. The van der Waals surface area contributed by atoms with Crippen molar-refractivity contribution < 1.29 is 14.3 Å². The smallest absolute Gasteiger partial charge is 0.239 e. The first kappa shape index (κ1) is 15.9. The highest BCUT2D eigenvalue weighted by Crippen LogP contribution is 2.27. The Hall–Kier alpha value is -1.46. The van der Waals surface area contributed by atoms with E-state index < -0.39 is 0 Å². The Morgan fingerprint density at radius 3 is 3.05 bits per heavy atom. The fourth-order valence-electron chi connectivity index (χ4n) is 2.39. The van der Waals surface area contributed by atoms with Gasteiger partial charge in [0.2, 0.25) is 5.91 Å². The van der Waals surface area contributed by atoms with E-state index in [9.17, 15) is 4.79 Å². The summed E-state index contributed by atoms with van der Waals surface area (Å²) in [5.74, 6) is 0.569. The minimum Gasteiger partial charge on any atom is -0.495 e. The van der Waals surface area contributed by atoms with Gasteiger partial charge in [0.05, 0.1) is 31.5 Å². The minimum atomic E-state index is -0.0833. The van der Waals surface area contributed by atoms with Crippen LogP contribution in [0.5, 0.6) is 5.75 Å². The van der Waals surface area contributed by atoms with E-state index in [0.29, 0.717) is 16.5 Å². The summed E-state index contributed by atoms with van der Waals surface area (Å²) in [5.41, 5.74) is 0.699. The maximum Gasteiger partial charge on any atom is 0.239 e. The van der Waals surface area contributed by atoms with Crippen molar-refractivity contribution in [1.82, 2.24) is 5.32 Å². The molecule has 0 bridgehead atoms. The van der Waals surface area contributed by atoms with Crippen molar-refractivity contribution in [1.29, 1.82) is 0 Å². The van der Waals surface area contributed by atoms with Crippen LogP contribution >= 0.6 is 11.6 Å². The molecular weight excluding hydrogens is 292 g/mol. The number of nitrogens with one attached hydrogen (secondary N) is 2. The molecule has 0 radical (unpaired) electrons. The predicted octanol–water partition coefficient (Wildman–Crippen LogP) is 2.44. The third-order valence-electron chi connectivity index (χ3n) is 3.51. The van der Waals surface area contributed by atoms with Crippen LogP contribution in [0.15, 0.2) is 18.2 Å². The lowest BCUT2D eigenvalue weighted by Gasteiger charge is -2.20. The number of methoxy groups -OCH3 is 1. The Bertz CT molecular complexity index is 490. The molecule has 2 rings (SSSR count). The minimum absolute atomic E-state index is 0.0167. The molecule has 0 spiro atoms. The van der Waals surface area contributed by atoms with E-state index in [1.165, 1.54) is 0 Å². The van der Waals surface area contributed by atoms with Crippen molar-refractivity contribution in [3.05, 3.63) is 23.2 Å². The van der Waals surface area contributed by atoms with Gasteiger partial charge < -0.3 is 20.1 Å². The van der Waals surface area contributed by atoms with Crippen LogP contribution in [0.2, 0.25) is 5.02 Å². The van der Waals surface area contributed by atoms with Gasteiger partial charge in [-0.15, -0.1) is 0 Å². The van der Waals surface area contributed by atoms with E-state index in [2.05, 4.69) is 10.6 Å². The number of carbonyl (C=O) groups excluding carboxylic acids is 1. The van der Waals surface area contributed by atoms with Gasteiger partial charge in [-0.2, -0.15) is 0 Å². The van der Waals surface area contributed by atoms with Crippen molar-refractivity contribution in [2.45, 2.75) is 31.9 Å². The number of amides is 1. The zero-order valence-electron chi connectivity index (χ0n) is 12.3. The maximum absolute atomic E-state index is 12.0. The fourth-order valence-corrected chi connectivity index (χ4v) is 2.56. The molecule has 0 aromatic heterocycles. The van der Waals surface area contributed by atoms with Gasteiger partial charge >= 0.3 is 0 Å². The monoisotopic (exact) mass is 312 g/mol. The van der Waals surface area contributed by atoms with Crippen LogP contribution in [0.1, 0.15) is 19.8 Å². The number of halogens is 1. The van der Waals surface area contributed by atoms with Gasteiger partial charge in [-0.25, -0.2) is 0 Å². The molecule has 0 saturated carbocycles. The van der Waals surface area contributed by atoms with Gasteiger partial charge in [-0.3, -0.25) is 4.79 Å². The van der Waals surface area contributed by atoms with E-state index in [1.807, 2.05) is 6.92 Å². The van der Waals surface area contributed by atoms with E-state index in [0.717, 1.165) is 19.4 Å². The molecule has 116 valence electrons. The topological polar surface area (TPSA) is 59.6 Å². The molecule has 1 heterocycles. The first-order valence-electron chi connectivity index (χ1n) is 7.08. The van der Waals surface area contributed by atoms with Crippen LogP contribution in [0.3, 0.4) is 0 Å². The molecule has 2 unspecified atom stereocenters. The van der Waals surface area contributed by atoms with Crippen LogP contribution in [-0.2, 0) is 9.53 Å². The van der Waals surface area contributed by atoms with Crippen molar-refractivity contribution in [3.8, 4) is 5.75 Å². The Balaban J connectivity index is 1.84. The third kappa shape index (κ3) is 4.51. The highest BCUT2D eigenvalue weighted by Gasteiger charge is 2.23. The summed E-state index contributed by atoms with van der Waals surface area (Å²) in [6.07, 6.45) is 2.18. The molecule has 2 atom stereocenters.